The van der Waals surface area contributed by atoms with Gasteiger partial charge in [0, 0.05) is 6.20 Å². The van der Waals surface area contributed by atoms with Crippen LogP contribution in [-0.4, -0.2) is 10.9 Å². The van der Waals surface area contributed by atoms with Gasteiger partial charge in [0.15, 0.2) is 5.82 Å². The first-order valence-corrected chi connectivity index (χ1v) is 6.80. The number of nitrogens with one attached hydrogen (secondary N) is 1. The molecular weight excluding hydrogens is 262 g/mol. The number of nitrogens with zero attached hydrogens (tertiary/aromatic N) is 2. The van der Waals surface area contributed by atoms with E-state index < -0.39 is 5.41 Å². The molecule has 0 aliphatic rings. The molecule has 0 fully saturated rings. The molecule has 0 aliphatic heterocycles. The van der Waals surface area contributed by atoms with Crippen LogP contribution >= 0.6 is 11.6 Å². The molecule has 1 heterocycles. The van der Waals surface area contributed by atoms with E-state index in [4.69, 9.17) is 11.6 Å². The molecule has 0 unspecified atom stereocenters. The lowest BCUT2D eigenvalue weighted by atomic mass is 9.80. The second-order valence-corrected chi connectivity index (χ2v) is 4.89. The van der Waals surface area contributed by atoms with Crippen LogP contribution in [0, 0.1) is 16.7 Å². The highest BCUT2D eigenvalue weighted by Crippen LogP contribution is 2.31. The molecule has 0 saturated heterocycles. The van der Waals surface area contributed by atoms with E-state index in [2.05, 4.69) is 16.4 Å². The molecule has 1 rings (SSSR count). The van der Waals surface area contributed by atoms with Gasteiger partial charge in [-0.3, -0.25) is 4.79 Å². The van der Waals surface area contributed by atoms with E-state index in [0.717, 1.165) is 12.8 Å². The predicted molar refractivity (Wildman–Crippen MR) is 75.7 cm³/mol. The van der Waals surface area contributed by atoms with Gasteiger partial charge in [-0.2, -0.15) is 5.26 Å². The van der Waals surface area contributed by atoms with Gasteiger partial charge in [0.25, 0.3) is 0 Å². The fraction of sp³-hybridized carbons (Fsp3) is 0.500. The molecule has 1 amide bonds. The maximum Gasteiger partial charge on any atom is 0.246 e. The quantitative estimate of drug-likeness (QED) is 0.862. The van der Waals surface area contributed by atoms with Crippen LogP contribution in [-0.2, 0) is 4.79 Å². The molecule has 0 atom stereocenters. The molecule has 0 saturated carbocycles. The summed E-state index contributed by atoms with van der Waals surface area (Å²) in [6.07, 6.45) is 4.17. The van der Waals surface area contributed by atoms with Crippen LogP contribution in [0.2, 0.25) is 5.02 Å². The monoisotopic (exact) mass is 279 g/mol. The van der Waals surface area contributed by atoms with Crippen LogP contribution < -0.4 is 5.32 Å². The Hall–Kier alpha value is -1.60. The van der Waals surface area contributed by atoms with E-state index in [-0.39, 0.29) is 5.91 Å². The van der Waals surface area contributed by atoms with Gasteiger partial charge in [-0.25, -0.2) is 4.98 Å². The highest BCUT2D eigenvalue weighted by molar-refractivity contribution is 6.33. The van der Waals surface area contributed by atoms with Crippen molar-refractivity contribution in [1.29, 1.82) is 5.26 Å². The molecule has 0 spiro atoms. The molecule has 4 nitrogen and oxygen atoms in total. The lowest BCUT2D eigenvalue weighted by Gasteiger charge is -2.24. The second-order valence-electron chi connectivity index (χ2n) is 4.48. The van der Waals surface area contributed by atoms with E-state index >= 15 is 0 Å². The Morgan fingerprint density at radius 2 is 2.11 bits per heavy atom. The summed E-state index contributed by atoms with van der Waals surface area (Å²) in [4.78, 5) is 16.4. The van der Waals surface area contributed by atoms with Crippen LogP contribution in [0.15, 0.2) is 18.3 Å². The smallest absolute Gasteiger partial charge is 0.246 e. The summed E-state index contributed by atoms with van der Waals surface area (Å²) in [5, 5.41) is 12.4. The molecule has 19 heavy (non-hydrogen) atoms. The number of carbonyl (C=O) groups excluding carboxylic acids is 1. The summed E-state index contributed by atoms with van der Waals surface area (Å²) in [6, 6.07) is 5.51. The third-order valence-electron chi connectivity index (χ3n) is 2.99. The number of hydrogen-bond donors (Lipinski definition) is 1. The summed E-state index contributed by atoms with van der Waals surface area (Å²) in [5.74, 6) is -0.0136. The van der Waals surface area contributed by atoms with Crippen molar-refractivity contribution in [3.05, 3.63) is 23.4 Å². The summed E-state index contributed by atoms with van der Waals surface area (Å²) >= 11 is 5.96. The third-order valence-corrected chi connectivity index (χ3v) is 3.30. The van der Waals surface area contributed by atoms with Gasteiger partial charge < -0.3 is 5.32 Å². The van der Waals surface area contributed by atoms with Crippen molar-refractivity contribution < 1.29 is 4.79 Å². The van der Waals surface area contributed by atoms with Gasteiger partial charge in [-0.15, -0.1) is 0 Å². The molecular formula is C14H18ClN3O. The van der Waals surface area contributed by atoms with Crippen molar-refractivity contribution >= 4 is 23.3 Å². The number of hydrogen-bond acceptors (Lipinski definition) is 3. The number of carbonyl (C=O) groups is 1. The minimum absolute atomic E-state index is 0.306. The zero-order chi connectivity index (χ0) is 14.3. The first-order valence-electron chi connectivity index (χ1n) is 6.43. The number of nitriles is 1. The number of rotatable bonds is 6. The van der Waals surface area contributed by atoms with E-state index in [1.807, 2.05) is 13.8 Å². The number of anilines is 1. The van der Waals surface area contributed by atoms with E-state index in [9.17, 15) is 10.1 Å². The van der Waals surface area contributed by atoms with Gasteiger partial charge in [-0.1, -0.05) is 38.3 Å². The van der Waals surface area contributed by atoms with Crippen LogP contribution in [0.5, 0.6) is 0 Å². The van der Waals surface area contributed by atoms with E-state index in [1.165, 1.54) is 0 Å². The molecule has 0 bridgehead atoms. The maximum absolute atomic E-state index is 12.4. The first-order chi connectivity index (χ1) is 9.09. The average Bonchev–Trinajstić information content (AvgIpc) is 2.41. The van der Waals surface area contributed by atoms with Crippen molar-refractivity contribution in [2.45, 2.75) is 39.5 Å². The minimum Gasteiger partial charge on any atom is -0.308 e. The number of amides is 1. The highest BCUT2D eigenvalue weighted by atomic mass is 35.5. The number of pyridine rings is 1. The average molecular weight is 280 g/mol. The normalized spacial score (nSPS) is 10.8. The van der Waals surface area contributed by atoms with Crippen molar-refractivity contribution in [1.82, 2.24) is 4.98 Å². The molecule has 0 aliphatic carbocycles. The lowest BCUT2D eigenvalue weighted by Crippen LogP contribution is -2.35. The van der Waals surface area contributed by atoms with Gasteiger partial charge in [0.2, 0.25) is 5.91 Å². The van der Waals surface area contributed by atoms with Crippen molar-refractivity contribution in [3.8, 4) is 6.07 Å². The third kappa shape index (κ3) is 3.68. The largest absolute Gasteiger partial charge is 0.308 e. The zero-order valence-corrected chi connectivity index (χ0v) is 12.0. The minimum atomic E-state index is -0.996. The van der Waals surface area contributed by atoms with Gasteiger partial charge in [-0.05, 0) is 25.0 Å². The standard InChI is InChI=1S/C14H18ClN3O/c1-3-7-14(10-16,8-4-2)13(19)18-12-11(15)6-5-9-17-12/h5-6,9H,3-4,7-8H2,1-2H3,(H,17,18,19). The van der Waals surface area contributed by atoms with Crippen molar-refractivity contribution in [3.63, 3.8) is 0 Å². The number of aromatic nitrogens is 1. The Morgan fingerprint density at radius 3 is 2.58 bits per heavy atom. The predicted octanol–water partition coefficient (Wildman–Crippen LogP) is 3.78. The summed E-state index contributed by atoms with van der Waals surface area (Å²) in [5.41, 5.74) is -0.996. The summed E-state index contributed by atoms with van der Waals surface area (Å²) < 4.78 is 0. The van der Waals surface area contributed by atoms with Gasteiger partial charge in [0.05, 0.1) is 11.1 Å². The first kappa shape index (κ1) is 15.5. The SMILES string of the molecule is CCCC(C#N)(CCC)C(=O)Nc1ncccc1Cl. The Morgan fingerprint density at radius 1 is 1.47 bits per heavy atom. The Balaban J connectivity index is 2.95. The molecule has 1 N–H and O–H groups in total. The summed E-state index contributed by atoms with van der Waals surface area (Å²) in [7, 11) is 0. The topological polar surface area (TPSA) is 65.8 Å². The molecule has 0 radical (unpaired) electrons. The number of halogens is 1. The van der Waals surface area contributed by atoms with Crippen LogP contribution in [0.25, 0.3) is 0 Å². The molecule has 5 heteroatoms. The Labute approximate surface area is 118 Å². The fourth-order valence-electron chi connectivity index (χ4n) is 2.07. The Kier molecular flexibility index (Phi) is 5.78. The van der Waals surface area contributed by atoms with Crippen molar-refractivity contribution in [2.75, 3.05) is 5.32 Å². The van der Waals surface area contributed by atoms with Crippen LogP contribution in [0.1, 0.15) is 39.5 Å². The van der Waals surface area contributed by atoms with Crippen molar-refractivity contribution in [2.24, 2.45) is 5.41 Å². The van der Waals surface area contributed by atoms with Crippen LogP contribution in [0.4, 0.5) is 5.82 Å². The van der Waals surface area contributed by atoms with E-state index in [1.54, 1.807) is 18.3 Å². The molecule has 1 aromatic heterocycles. The second kappa shape index (κ2) is 7.10. The molecule has 1 aromatic rings. The molecule has 102 valence electrons. The fourth-order valence-corrected chi connectivity index (χ4v) is 2.24. The summed E-state index contributed by atoms with van der Waals surface area (Å²) in [6.45, 7) is 3.92. The molecule has 0 aromatic carbocycles. The lowest BCUT2D eigenvalue weighted by molar-refractivity contribution is -0.123. The Bertz CT molecular complexity index is 476. The van der Waals surface area contributed by atoms with Gasteiger partial charge >= 0.3 is 0 Å². The van der Waals surface area contributed by atoms with Gasteiger partial charge in [0.1, 0.15) is 5.41 Å². The maximum atomic E-state index is 12.4. The highest BCUT2D eigenvalue weighted by Gasteiger charge is 2.37. The van der Waals surface area contributed by atoms with E-state index in [0.29, 0.717) is 23.7 Å². The van der Waals surface area contributed by atoms with Crippen LogP contribution in [0.3, 0.4) is 0 Å². The zero-order valence-electron chi connectivity index (χ0n) is 11.2.